The first-order valence-corrected chi connectivity index (χ1v) is 12.2. The standard InChI is InChI=1S/C20H31N3O6S/c24-23(25)19-16-17(30(26,27)22-12-4-1-2-5-13-22)9-10-18(19)21-11-7-15-29-20-8-3-6-14-28-20/h9-10,16,20-21H,1-8,11-15H2/t20-/m0/s1. The second-order valence-corrected chi connectivity index (χ2v) is 9.64. The van der Waals surface area contributed by atoms with Gasteiger partial charge in [0, 0.05) is 32.3 Å². The molecule has 0 spiro atoms. The van der Waals surface area contributed by atoms with Gasteiger partial charge in [-0.1, -0.05) is 12.8 Å². The number of nitrogens with zero attached hydrogens (tertiary/aromatic N) is 2. The quantitative estimate of drug-likeness (QED) is 0.355. The molecule has 0 radical (unpaired) electrons. The highest BCUT2D eigenvalue weighted by Gasteiger charge is 2.28. The predicted octanol–water partition coefficient (Wildman–Crippen LogP) is 3.50. The molecule has 0 bridgehead atoms. The van der Waals surface area contributed by atoms with Crippen LogP contribution in [-0.2, 0) is 19.5 Å². The normalized spacial score (nSPS) is 21.1. The third kappa shape index (κ3) is 6.13. The van der Waals surface area contributed by atoms with E-state index in [1.807, 2.05) is 0 Å². The Morgan fingerprint density at radius 3 is 2.60 bits per heavy atom. The molecule has 2 fully saturated rings. The van der Waals surface area contributed by atoms with Crippen molar-refractivity contribution in [2.75, 3.05) is 38.2 Å². The second kappa shape index (κ2) is 11.0. The van der Waals surface area contributed by atoms with Crippen LogP contribution in [0.25, 0.3) is 0 Å². The van der Waals surface area contributed by atoms with Gasteiger partial charge < -0.3 is 14.8 Å². The fourth-order valence-corrected chi connectivity index (χ4v) is 5.29. The molecule has 2 aliphatic rings. The molecule has 0 aliphatic carbocycles. The minimum absolute atomic E-state index is 0.0283. The third-order valence-corrected chi connectivity index (χ3v) is 7.34. The van der Waals surface area contributed by atoms with Gasteiger partial charge in [0.15, 0.2) is 6.29 Å². The van der Waals surface area contributed by atoms with Gasteiger partial charge in [-0.05, 0) is 50.7 Å². The molecule has 0 unspecified atom stereocenters. The van der Waals surface area contributed by atoms with Crippen molar-refractivity contribution in [1.29, 1.82) is 0 Å². The molecule has 1 aromatic rings. The van der Waals surface area contributed by atoms with Gasteiger partial charge in [-0.3, -0.25) is 10.1 Å². The van der Waals surface area contributed by atoms with Gasteiger partial charge in [-0.15, -0.1) is 0 Å². The van der Waals surface area contributed by atoms with E-state index in [0.717, 1.165) is 57.6 Å². The first kappa shape index (κ1) is 22.9. The summed E-state index contributed by atoms with van der Waals surface area (Å²) < 4.78 is 38.5. The number of nitrogens with one attached hydrogen (secondary N) is 1. The van der Waals surface area contributed by atoms with E-state index in [2.05, 4.69) is 5.32 Å². The largest absolute Gasteiger partial charge is 0.379 e. The smallest absolute Gasteiger partial charge is 0.293 e. The minimum Gasteiger partial charge on any atom is -0.379 e. The molecule has 10 heteroatoms. The van der Waals surface area contributed by atoms with Crippen molar-refractivity contribution in [1.82, 2.24) is 4.31 Å². The van der Waals surface area contributed by atoms with E-state index in [4.69, 9.17) is 9.47 Å². The maximum absolute atomic E-state index is 12.9. The van der Waals surface area contributed by atoms with Crippen molar-refractivity contribution in [3.05, 3.63) is 28.3 Å². The number of anilines is 1. The third-order valence-electron chi connectivity index (χ3n) is 5.45. The highest BCUT2D eigenvalue weighted by molar-refractivity contribution is 7.89. The maximum atomic E-state index is 12.9. The Morgan fingerprint density at radius 2 is 1.93 bits per heavy atom. The molecule has 3 rings (SSSR count). The van der Waals surface area contributed by atoms with E-state index in [-0.39, 0.29) is 16.9 Å². The summed E-state index contributed by atoms with van der Waals surface area (Å²) in [6, 6.07) is 4.09. The maximum Gasteiger partial charge on any atom is 0.293 e. The molecule has 0 saturated carbocycles. The second-order valence-electron chi connectivity index (χ2n) is 7.70. The Hall–Kier alpha value is -1.75. The number of benzene rings is 1. The van der Waals surface area contributed by atoms with Gasteiger partial charge >= 0.3 is 0 Å². The number of sulfonamides is 1. The van der Waals surface area contributed by atoms with Crippen LogP contribution in [0.4, 0.5) is 11.4 Å². The Labute approximate surface area is 177 Å². The van der Waals surface area contributed by atoms with E-state index in [1.165, 1.54) is 16.4 Å². The van der Waals surface area contributed by atoms with Crippen LogP contribution in [0.2, 0.25) is 0 Å². The summed E-state index contributed by atoms with van der Waals surface area (Å²) in [7, 11) is -3.73. The van der Waals surface area contributed by atoms with Gasteiger partial charge in [0.25, 0.3) is 5.69 Å². The van der Waals surface area contributed by atoms with Crippen LogP contribution in [0.15, 0.2) is 23.1 Å². The summed E-state index contributed by atoms with van der Waals surface area (Å²) in [6.07, 6.45) is 7.20. The average molecular weight is 442 g/mol. The molecule has 2 heterocycles. The predicted molar refractivity (Wildman–Crippen MR) is 113 cm³/mol. The summed E-state index contributed by atoms with van der Waals surface area (Å²) in [6.45, 7) is 2.61. The van der Waals surface area contributed by atoms with E-state index in [9.17, 15) is 18.5 Å². The Balaban J connectivity index is 1.59. The number of nitro benzene ring substituents is 1. The van der Waals surface area contributed by atoms with Crippen LogP contribution in [0.5, 0.6) is 0 Å². The van der Waals surface area contributed by atoms with Gasteiger partial charge in [0.1, 0.15) is 5.69 Å². The zero-order valence-electron chi connectivity index (χ0n) is 17.3. The van der Waals surface area contributed by atoms with E-state index >= 15 is 0 Å². The molecule has 1 aromatic carbocycles. The summed E-state index contributed by atoms with van der Waals surface area (Å²) >= 11 is 0. The van der Waals surface area contributed by atoms with E-state index < -0.39 is 14.9 Å². The number of nitro groups is 1. The lowest BCUT2D eigenvalue weighted by molar-refractivity contribution is -0.384. The fourth-order valence-electron chi connectivity index (χ4n) is 3.76. The van der Waals surface area contributed by atoms with Crippen LogP contribution < -0.4 is 5.32 Å². The van der Waals surface area contributed by atoms with Crippen molar-refractivity contribution in [3.63, 3.8) is 0 Å². The van der Waals surface area contributed by atoms with Gasteiger partial charge in [-0.25, -0.2) is 8.42 Å². The summed E-state index contributed by atoms with van der Waals surface area (Å²) in [4.78, 5) is 11.0. The highest BCUT2D eigenvalue weighted by atomic mass is 32.2. The minimum atomic E-state index is -3.73. The number of rotatable bonds is 9. The molecule has 1 atom stereocenters. The summed E-state index contributed by atoms with van der Waals surface area (Å²) in [5.74, 6) is 0. The van der Waals surface area contributed by atoms with Gasteiger partial charge in [0.2, 0.25) is 10.0 Å². The molecule has 0 aromatic heterocycles. The molecule has 1 N–H and O–H groups in total. The van der Waals surface area contributed by atoms with Crippen LogP contribution in [0.3, 0.4) is 0 Å². The fraction of sp³-hybridized carbons (Fsp3) is 0.700. The van der Waals surface area contributed by atoms with Crippen LogP contribution in [0.1, 0.15) is 51.4 Å². The Kier molecular flexibility index (Phi) is 8.43. The average Bonchev–Trinajstić information content (AvgIpc) is 3.04. The zero-order valence-corrected chi connectivity index (χ0v) is 18.1. The lowest BCUT2D eigenvalue weighted by Gasteiger charge is -2.22. The van der Waals surface area contributed by atoms with E-state index in [0.29, 0.717) is 38.3 Å². The molecule has 2 aliphatic heterocycles. The first-order chi connectivity index (χ1) is 14.5. The van der Waals surface area contributed by atoms with Gasteiger partial charge in [-0.2, -0.15) is 4.31 Å². The van der Waals surface area contributed by atoms with Crippen molar-refractivity contribution in [2.24, 2.45) is 0 Å². The Morgan fingerprint density at radius 1 is 1.17 bits per heavy atom. The molecular weight excluding hydrogens is 410 g/mol. The van der Waals surface area contributed by atoms with Crippen molar-refractivity contribution in [2.45, 2.75) is 62.6 Å². The number of hydrogen-bond donors (Lipinski definition) is 1. The molecular formula is C20H31N3O6S. The molecule has 0 amide bonds. The zero-order chi connectivity index (χ0) is 21.4. The van der Waals surface area contributed by atoms with Crippen LogP contribution >= 0.6 is 0 Å². The van der Waals surface area contributed by atoms with Crippen LogP contribution in [-0.4, -0.2) is 56.8 Å². The monoisotopic (exact) mass is 441 g/mol. The Bertz CT molecular complexity index is 803. The highest BCUT2D eigenvalue weighted by Crippen LogP contribution is 2.30. The van der Waals surface area contributed by atoms with Crippen molar-refractivity contribution < 1.29 is 22.8 Å². The summed E-state index contributed by atoms with van der Waals surface area (Å²) in [5.41, 5.74) is 0.0751. The number of ether oxygens (including phenoxy) is 2. The molecule has 9 nitrogen and oxygen atoms in total. The number of hydrogen-bond acceptors (Lipinski definition) is 7. The van der Waals surface area contributed by atoms with Crippen molar-refractivity contribution >= 4 is 21.4 Å². The molecule has 30 heavy (non-hydrogen) atoms. The van der Waals surface area contributed by atoms with Crippen molar-refractivity contribution in [3.8, 4) is 0 Å². The first-order valence-electron chi connectivity index (χ1n) is 10.7. The lowest BCUT2D eigenvalue weighted by atomic mass is 10.2. The molecule has 2 saturated heterocycles. The van der Waals surface area contributed by atoms with Crippen LogP contribution in [0, 0.1) is 10.1 Å². The lowest BCUT2D eigenvalue weighted by Crippen LogP contribution is -2.32. The van der Waals surface area contributed by atoms with Gasteiger partial charge in [0.05, 0.1) is 16.4 Å². The SMILES string of the molecule is O=[N+]([O-])c1cc(S(=O)(=O)N2CCCCCC2)ccc1NCCCO[C@H]1CCCCO1. The molecule has 168 valence electrons. The van der Waals surface area contributed by atoms with E-state index in [1.54, 1.807) is 0 Å². The topological polar surface area (TPSA) is 111 Å². The summed E-state index contributed by atoms with van der Waals surface area (Å²) in [5, 5.41) is 14.6.